The zero-order chi connectivity index (χ0) is 25.1. The normalized spacial score (nSPS) is 33.3. The Morgan fingerprint density at radius 3 is 2.86 bits per heavy atom. The monoisotopic (exact) mass is 478 g/mol. The highest BCUT2D eigenvalue weighted by atomic mass is 16.5. The molecule has 5 atom stereocenters. The number of fused-ring (bicyclic) bond motifs is 3. The summed E-state index contributed by atoms with van der Waals surface area (Å²) in [7, 11) is 0. The SMILES string of the molecule is CC[C@@]12C[C@@](C)(O)[C@](O)(C3C=CC=CC3)C[C@H]1CCc1cc(OCC(=O)NCCCC#N)ccc12. The fourth-order valence-corrected chi connectivity index (χ4v) is 6.76. The second kappa shape index (κ2) is 10.2. The number of allylic oxidation sites excluding steroid dienone is 3. The second-order valence-corrected chi connectivity index (χ2v) is 10.7. The lowest BCUT2D eigenvalue weighted by Crippen LogP contribution is -2.66. The van der Waals surface area contributed by atoms with Gasteiger partial charge in [-0.25, -0.2) is 0 Å². The molecule has 0 aromatic heterocycles. The Morgan fingerprint density at radius 1 is 1.31 bits per heavy atom. The average molecular weight is 479 g/mol. The molecule has 0 saturated heterocycles. The summed E-state index contributed by atoms with van der Waals surface area (Å²) < 4.78 is 5.77. The fraction of sp³-hybridized carbons (Fsp3) is 0.586. The van der Waals surface area contributed by atoms with Crippen LogP contribution in [-0.4, -0.2) is 40.5 Å². The number of benzene rings is 1. The zero-order valence-electron chi connectivity index (χ0n) is 20.9. The van der Waals surface area contributed by atoms with Crippen LogP contribution in [-0.2, 0) is 16.6 Å². The Labute approximate surface area is 208 Å². The maximum absolute atomic E-state index is 12.0. The van der Waals surface area contributed by atoms with Gasteiger partial charge in [0.25, 0.3) is 5.91 Å². The average Bonchev–Trinajstić information content (AvgIpc) is 2.86. The van der Waals surface area contributed by atoms with E-state index in [9.17, 15) is 15.0 Å². The molecule has 3 aliphatic carbocycles. The molecule has 3 aliphatic rings. The van der Waals surface area contributed by atoms with E-state index in [0.717, 1.165) is 25.7 Å². The summed E-state index contributed by atoms with van der Waals surface area (Å²) in [5.41, 5.74) is -0.122. The summed E-state index contributed by atoms with van der Waals surface area (Å²) in [4.78, 5) is 12.0. The highest BCUT2D eigenvalue weighted by Crippen LogP contribution is 2.59. The first-order valence-corrected chi connectivity index (χ1v) is 12.9. The lowest BCUT2D eigenvalue weighted by Gasteiger charge is -2.60. The summed E-state index contributed by atoms with van der Waals surface area (Å²) in [5, 5.41) is 34.9. The number of aliphatic hydroxyl groups is 2. The van der Waals surface area contributed by atoms with E-state index in [1.54, 1.807) is 0 Å². The molecule has 0 aliphatic heterocycles. The van der Waals surface area contributed by atoms with Gasteiger partial charge in [0.1, 0.15) is 5.75 Å². The van der Waals surface area contributed by atoms with Gasteiger partial charge in [-0.05, 0) is 81.0 Å². The molecule has 1 saturated carbocycles. The molecule has 6 nitrogen and oxygen atoms in total. The number of aryl methyl sites for hydroxylation is 1. The van der Waals surface area contributed by atoms with E-state index in [0.29, 0.717) is 38.0 Å². The van der Waals surface area contributed by atoms with E-state index in [4.69, 9.17) is 10.00 Å². The van der Waals surface area contributed by atoms with Crippen molar-refractivity contribution in [2.24, 2.45) is 11.8 Å². The van der Waals surface area contributed by atoms with E-state index >= 15 is 0 Å². The van der Waals surface area contributed by atoms with Crippen LogP contribution in [0.1, 0.15) is 69.9 Å². The number of ether oxygens (including phenoxy) is 1. The highest BCUT2D eigenvalue weighted by Gasteiger charge is 2.62. The van der Waals surface area contributed by atoms with Crippen LogP contribution in [0, 0.1) is 23.2 Å². The lowest BCUT2D eigenvalue weighted by atomic mass is 9.47. The first-order chi connectivity index (χ1) is 16.8. The van der Waals surface area contributed by atoms with E-state index in [1.165, 1.54) is 11.1 Å². The minimum Gasteiger partial charge on any atom is -0.484 e. The third-order valence-corrected chi connectivity index (χ3v) is 8.69. The molecule has 0 heterocycles. The standard InChI is InChI=1S/C29H38N2O4/c1-3-28-20-27(2,33)29(34,22-9-5-4-6-10-22)18-23(28)12-11-21-17-24(13-14-25(21)28)35-19-26(32)31-16-8-7-15-30/h4-6,9,13-14,17,22-23,33-34H,3,7-8,10-12,16,18-20H2,1-2H3,(H,31,32)/t22?,23-,27-,28-,29-/m1/s1. The van der Waals surface area contributed by atoms with Gasteiger partial charge in [0.05, 0.1) is 17.3 Å². The van der Waals surface area contributed by atoms with E-state index < -0.39 is 11.2 Å². The predicted octanol–water partition coefficient (Wildman–Crippen LogP) is 4.10. The highest BCUT2D eigenvalue weighted by molar-refractivity contribution is 5.77. The topological polar surface area (TPSA) is 103 Å². The van der Waals surface area contributed by atoms with Crippen molar-refractivity contribution in [3.05, 3.63) is 53.6 Å². The van der Waals surface area contributed by atoms with E-state index in [-0.39, 0.29) is 29.8 Å². The van der Waals surface area contributed by atoms with Crippen LogP contribution in [0.2, 0.25) is 0 Å². The lowest BCUT2D eigenvalue weighted by molar-refractivity contribution is -0.216. The van der Waals surface area contributed by atoms with Crippen LogP contribution in [0.15, 0.2) is 42.5 Å². The number of nitriles is 1. The molecule has 3 N–H and O–H groups in total. The van der Waals surface area contributed by atoms with Gasteiger partial charge in [-0.3, -0.25) is 4.79 Å². The Bertz CT molecular complexity index is 1040. The van der Waals surface area contributed by atoms with Crippen LogP contribution in [0.4, 0.5) is 0 Å². The number of hydrogen-bond acceptors (Lipinski definition) is 5. The number of rotatable bonds is 8. The smallest absolute Gasteiger partial charge is 0.257 e. The van der Waals surface area contributed by atoms with Crippen molar-refractivity contribution in [1.82, 2.24) is 5.32 Å². The summed E-state index contributed by atoms with van der Waals surface area (Å²) in [6, 6.07) is 8.13. The third-order valence-electron chi connectivity index (χ3n) is 8.69. The second-order valence-electron chi connectivity index (χ2n) is 10.7. The zero-order valence-corrected chi connectivity index (χ0v) is 20.9. The van der Waals surface area contributed by atoms with Crippen molar-refractivity contribution in [2.45, 2.75) is 81.8 Å². The van der Waals surface area contributed by atoms with Crippen molar-refractivity contribution in [3.8, 4) is 11.8 Å². The Kier molecular flexibility index (Phi) is 7.40. The molecule has 188 valence electrons. The Hall–Kier alpha value is -2.62. The molecule has 4 rings (SSSR count). The van der Waals surface area contributed by atoms with Gasteiger partial charge in [-0.2, -0.15) is 5.26 Å². The summed E-state index contributed by atoms with van der Waals surface area (Å²) in [6.07, 6.45) is 13.7. The summed E-state index contributed by atoms with van der Waals surface area (Å²) in [6.45, 7) is 4.41. The molecule has 1 aromatic carbocycles. The quantitative estimate of drug-likeness (QED) is 0.488. The van der Waals surface area contributed by atoms with Gasteiger partial charge in [-0.1, -0.05) is 37.3 Å². The Balaban J connectivity index is 1.51. The van der Waals surface area contributed by atoms with Gasteiger partial charge < -0.3 is 20.3 Å². The molecule has 0 spiro atoms. The molecule has 35 heavy (non-hydrogen) atoms. The van der Waals surface area contributed by atoms with Crippen molar-refractivity contribution in [3.63, 3.8) is 0 Å². The van der Waals surface area contributed by atoms with E-state index in [2.05, 4.69) is 30.5 Å². The van der Waals surface area contributed by atoms with Crippen LogP contribution >= 0.6 is 0 Å². The summed E-state index contributed by atoms with van der Waals surface area (Å²) in [5.74, 6) is 0.676. The number of carbonyl (C=O) groups is 1. The van der Waals surface area contributed by atoms with Crippen LogP contribution in [0.3, 0.4) is 0 Å². The van der Waals surface area contributed by atoms with Gasteiger partial charge in [-0.15, -0.1) is 0 Å². The van der Waals surface area contributed by atoms with Gasteiger partial charge in [0, 0.05) is 24.3 Å². The first-order valence-electron chi connectivity index (χ1n) is 12.9. The molecule has 1 amide bonds. The maximum atomic E-state index is 12.0. The number of nitrogens with one attached hydrogen (secondary N) is 1. The largest absolute Gasteiger partial charge is 0.484 e. The van der Waals surface area contributed by atoms with Crippen molar-refractivity contribution < 1.29 is 19.7 Å². The van der Waals surface area contributed by atoms with E-state index in [1.807, 2.05) is 37.3 Å². The minimum absolute atomic E-state index is 0.0576. The van der Waals surface area contributed by atoms with Crippen molar-refractivity contribution in [2.75, 3.05) is 13.2 Å². The number of amides is 1. The third kappa shape index (κ3) is 4.77. The first kappa shape index (κ1) is 25.5. The van der Waals surface area contributed by atoms with Crippen molar-refractivity contribution >= 4 is 5.91 Å². The van der Waals surface area contributed by atoms with Gasteiger partial charge in [0.2, 0.25) is 0 Å². The van der Waals surface area contributed by atoms with Crippen molar-refractivity contribution in [1.29, 1.82) is 5.26 Å². The molecule has 1 aromatic rings. The van der Waals surface area contributed by atoms with Gasteiger partial charge >= 0.3 is 0 Å². The molecule has 0 bridgehead atoms. The van der Waals surface area contributed by atoms with Crippen LogP contribution in [0.25, 0.3) is 0 Å². The Morgan fingerprint density at radius 2 is 2.14 bits per heavy atom. The fourth-order valence-electron chi connectivity index (χ4n) is 6.76. The predicted molar refractivity (Wildman–Crippen MR) is 135 cm³/mol. The molecule has 0 radical (unpaired) electrons. The molecular weight excluding hydrogens is 440 g/mol. The number of nitrogens with zero attached hydrogens (tertiary/aromatic N) is 1. The molecule has 1 unspecified atom stereocenters. The molecule has 6 heteroatoms. The van der Waals surface area contributed by atoms with Crippen LogP contribution in [0.5, 0.6) is 5.75 Å². The minimum atomic E-state index is -1.22. The molecule has 1 fully saturated rings. The maximum Gasteiger partial charge on any atom is 0.257 e. The van der Waals surface area contributed by atoms with Crippen LogP contribution < -0.4 is 10.1 Å². The van der Waals surface area contributed by atoms with Gasteiger partial charge in [0.15, 0.2) is 6.61 Å². The summed E-state index contributed by atoms with van der Waals surface area (Å²) >= 11 is 0. The number of hydrogen-bond donors (Lipinski definition) is 3. The number of unbranched alkanes of at least 4 members (excludes halogenated alkanes) is 1. The number of carbonyl (C=O) groups excluding carboxylic acids is 1. The molecular formula is C29H38N2O4.